The number of imidazole rings is 1. The normalized spacial score (nSPS) is 11.2. The number of hydrogen-bond acceptors (Lipinski definition) is 4. The standard InChI is InChI=1S/C22H17F2N5O2/c1-13(2)28-21(30)19-20(29(22(28)31)18-7-6-16(23)9-17(18)24)26-12-27(19)11-15-5-3-4-14(8-15)10-25/h3-9,12-13H,11H2,1-2H3. The maximum Gasteiger partial charge on any atom is 0.337 e. The van der Waals surface area contributed by atoms with E-state index in [9.17, 15) is 18.4 Å². The van der Waals surface area contributed by atoms with E-state index in [1.165, 1.54) is 6.33 Å². The second-order valence-corrected chi connectivity index (χ2v) is 7.34. The van der Waals surface area contributed by atoms with Crippen LogP contribution >= 0.6 is 0 Å². The van der Waals surface area contributed by atoms with Gasteiger partial charge in [-0.1, -0.05) is 12.1 Å². The Kier molecular flexibility index (Phi) is 4.99. The van der Waals surface area contributed by atoms with Gasteiger partial charge in [-0.2, -0.15) is 5.26 Å². The van der Waals surface area contributed by atoms with Crippen molar-refractivity contribution in [3.05, 3.63) is 92.4 Å². The predicted molar refractivity (Wildman–Crippen MR) is 110 cm³/mol. The first kappa shape index (κ1) is 20.2. The SMILES string of the molecule is CC(C)n1c(=O)c2c(ncn2Cc2cccc(C#N)c2)n(-c2ccc(F)cc2F)c1=O. The Hall–Kier alpha value is -4.06. The fourth-order valence-corrected chi connectivity index (χ4v) is 3.54. The van der Waals surface area contributed by atoms with Crippen LogP contribution in [0.15, 0.2) is 58.4 Å². The molecule has 9 heteroatoms. The van der Waals surface area contributed by atoms with Crippen LogP contribution in [0.2, 0.25) is 0 Å². The Bertz CT molecular complexity index is 1470. The molecule has 0 atom stereocenters. The van der Waals surface area contributed by atoms with Gasteiger partial charge in [0.2, 0.25) is 0 Å². The minimum absolute atomic E-state index is 0.0335. The van der Waals surface area contributed by atoms with Gasteiger partial charge in [0.1, 0.15) is 11.6 Å². The van der Waals surface area contributed by atoms with Crippen LogP contribution in [-0.4, -0.2) is 18.7 Å². The highest BCUT2D eigenvalue weighted by Gasteiger charge is 2.22. The molecular weight excluding hydrogens is 404 g/mol. The Morgan fingerprint density at radius 2 is 1.90 bits per heavy atom. The summed E-state index contributed by atoms with van der Waals surface area (Å²) in [4.78, 5) is 30.5. The Labute approximate surface area is 175 Å². The third-order valence-electron chi connectivity index (χ3n) is 4.92. The van der Waals surface area contributed by atoms with Crippen molar-refractivity contribution in [2.45, 2.75) is 26.4 Å². The summed E-state index contributed by atoms with van der Waals surface area (Å²) in [7, 11) is 0. The number of benzene rings is 2. The summed E-state index contributed by atoms with van der Waals surface area (Å²) >= 11 is 0. The number of nitriles is 1. The number of fused-ring (bicyclic) bond motifs is 1. The van der Waals surface area contributed by atoms with Crippen molar-refractivity contribution < 1.29 is 8.78 Å². The number of halogens is 2. The van der Waals surface area contributed by atoms with Gasteiger partial charge < -0.3 is 4.57 Å². The Morgan fingerprint density at radius 3 is 2.58 bits per heavy atom. The van der Waals surface area contributed by atoms with Crippen LogP contribution in [0.1, 0.15) is 31.0 Å². The van der Waals surface area contributed by atoms with Gasteiger partial charge in [0.05, 0.1) is 23.6 Å². The van der Waals surface area contributed by atoms with Crippen molar-refractivity contribution >= 4 is 11.2 Å². The topological polar surface area (TPSA) is 85.6 Å². The molecule has 4 aromatic rings. The molecule has 0 radical (unpaired) electrons. The van der Waals surface area contributed by atoms with Crippen molar-refractivity contribution in [3.63, 3.8) is 0 Å². The minimum Gasteiger partial charge on any atom is -0.320 e. The molecule has 31 heavy (non-hydrogen) atoms. The van der Waals surface area contributed by atoms with E-state index in [1.807, 2.05) is 0 Å². The highest BCUT2D eigenvalue weighted by atomic mass is 19.1. The molecule has 2 aromatic carbocycles. The molecule has 0 amide bonds. The van der Waals surface area contributed by atoms with Crippen molar-refractivity contribution in [2.75, 3.05) is 0 Å². The quantitative estimate of drug-likeness (QED) is 0.507. The van der Waals surface area contributed by atoms with Crippen molar-refractivity contribution in [3.8, 4) is 11.8 Å². The molecule has 0 spiro atoms. The highest BCUT2D eigenvalue weighted by Crippen LogP contribution is 2.19. The molecule has 0 aliphatic carbocycles. The number of rotatable bonds is 4. The minimum atomic E-state index is -0.950. The van der Waals surface area contributed by atoms with Crippen LogP contribution in [0.4, 0.5) is 8.78 Å². The summed E-state index contributed by atoms with van der Waals surface area (Å²) in [6.45, 7) is 3.54. The van der Waals surface area contributed by atoms with Gasteiger partial charge in [-0.25, -0.2) is 23.1 Å². The van der Waals surface area contributed by atoms with Crippen LogP contribution in [0.25, 0.3) is 16.9 Å². The molecule has 0 aliphatic rings. The molecule has 0 fully saturated rings. The van der Waals surface area contributed by atoms with Crippen LogP contribution < -0.4 is 11.2 Å². The zero-order valence-electron chi connectivity index (χ0n) is 16.7. The first-order valence-electron chi connectivity index (χ1n) is 9.48. The highest BCUT2D eigenvalue weighted by molar-refractivity contribution is 5.72. The molecule has 2 heterocycles. The second-order valence-electron chi connectivity index (χ2n) is 7.34. The van der Waals surface area contributed by atoms with Crippen LogP contribution in [0, 0.1) is 23.0 Å². The summed E-state index contributed by atoms with van der Waals surface area (Å²) < 4.78 is 31.5. The number of hydrogen-bond donors (Lipinski definition) is 0. The van der Waals surface area contributed by atoms with Gasteiger partial charge >= 0.3 is 5.69 Å². The Morgan fingerprint density at radius 1 is 1.13 bits per heavy atom. The Balaban J connectivity index is 2.02. The average Bonchev–Trinajstić information content (AvgIpc) is 3.13. The largest absolute Gasteiger partial charge is 0.337 e. The lowest BCUT2D eigenvalue weighted by Crippen LogP contribution is -2.41. The molecule has 0 unspecified atom stereocenters. The van der Waals surface area contributed by atoms with Crippen molar-refractivity contribution in [1.82, 2.24) is 18.7 Å². The van der Waals surface area contributed by atoms with E-state index < -0.39 is 28.9 Å². The lowest BCUT2D eigenvalue weighted by atomic mass is 10.1. The van der Waals surface area contributed by atoms with E-state index in [-0.39, 0.29) is 23.4 Å². The molecule has 7 nitrogen and oxygen atoms in total. The monoisotopic (exact) mass is 421 g/mol. The van der Waals surface area contributed by atoms with E-state index in [1.54, 1.807) is 42.7 Å². The maximum absolute atomic E-state index is 14.6. The molecule has 4 rings (SSSR count). The van der Waals surface area contributed by atoms with Gasteiger partial charge in [-0.3, -0.25) is 9.36 Å². The number of aromatic nitrogens is 4. The maximum atomic E-state index is 14.6. The first-order valence-corrected chi connectivity index (χ1v) is 9.48. The summed E-state index contributed by atoms with van der Waals surface area (Å²) in [5.41, 5.74) is -0.264. The van der Waals surface area contributed by atoms with E-state index in [0.29, 0.717) is 11.6 Å². The molecule has 0 N–H and O–H groups in total. The lowest BCUT2D eigenvalue weighted by molar-refractivity contribution is 0.531. The van der Waals surface area contributed by atoms with E-state index in [4.69, 9.17) is 5.26 Å². The molecule has 2 aromatic heterocycles. The van der Waals surface area contributed by atoms with E-state index in [2.05, 4.69) is 11.1 Å². The third-order valence-corrected chi connectivity index (χ3v) is 4.92. The fraction of sp³-hybridized carbons (Fsp3) is 0.182. The summed E-state index contributed by atoms with van der Waals surface area (Å²) in [5.74, 6) is -1.74. The van der Waals surface area contributed by atoms with E-state index in [0.717, 1.165) is 26.8 Å². The van der Waals surface area contributed by atoms with Crippen LogP contribution in [-0.2, 0) is 6.54 Å². The molecule has 0 saturated heterocycles. The first-order chi connectivity index (χ1) is 14.8. The molecular formula is C22H17F2N5O2. The summed E-state index contributed by atoms with van der Waals surface area (Å²) in [6, 6.07) is 11.3. The fourth-order valence-electron chi connectivity index (χ4n) is 3.54. The van der Waals surface area contributed by atoms with Gasteiger partial charge in [0.15, 0.2) is 11.2 Å². The molecule has 156 valence electrons. The van der Waals surface area contributed by atoms with Crippen molar-refractivity contribution in [2.24, 2.45) is 0 Å². The zero-order valence-corrected chi connectivity index (χ0v) is 16.7. The van der Waals surface area contributed by atoms with Gasteiger partial charge in [-0.05, 0) is 43.7 Å². The summed E-state index contributed by atoms with van der Waals surface area (Å²) in [5, 5.41) is 9.12. The van der Waals surface area contributed by atoms with Crippen molar-refractivity contribution in [1.29, 1.82) is 5.26 Å². The third kappa shape index (κ3) is 3.42. The lowest BCUT2D eigenvalue weighted by Gasteiger charge is -2.15. The predicted octanol–water partition coefficient (Wildman–Crippen LogP) is 3.13. The summed E-state index contributed by atoms with van der Waals surface area (Å²) in [6.07, 6.45) is 1.38. The van der Waals surface area contributed by atoms with E-state index >= 15 is 0 Å². The van der Waals surface area contributed by atoms with Gasteiger partial charge in [0, 0.05) is 18.7 Å². The molecule has 0 bridgehead atoms. The smallest absolute Gasteiger partial charge is 0.320 e. The van der Waals surface area contributed by atoms with Gasteiger partial charge in [0.25, 0.3) is 5.56 Å². The number of nitrogens with zero attached hydrogens (tertiary/aromatic N) is 5. The second kappa shape index (κ2) is 7.65. The molecule has 0 saturated carbocycles. The van der Waals surface area contributed by atoms with Crippen LogP contribution in [0.5, 0.6) is 0 Å². The van der Waals surface area contributed by atoms with Gasteiger partial charge in [-0.15, -0.1) is 0 Å². The molecule has 0 aliphatic heterocycles. The average molecular weight is 421 g/mol. The van der Waals surface area contributed by atoms with Crippen LogP contribution in [0.3, 0.4) is 0 Å². The zero-order chi connectivity index (χ0) is 22.3.